The Morgan fingerprint density at radius 2 is 1.49 bits per heavy atom. The molecule has 0 radical (unpaired) electrons. The summed E-state index contributed by atoms with van der Waals surface area (Å²) in [6.07, 6.45) is 0.433. The summed E-state index contributed by atoms with van der Waals surface area (Å²) in [5.41, 5.74) is 3.29. The number of aliphatic carboxylic acids is 1. The van der Waals surface area contributed by atoms with Crippen LogP contribution in [0.15, 0.2) is 48.5 Å². The Morgan fingerprint density at radius 3 is 2.20 bits per heavy atom. The number of amides is 4. The van der Waals surface area contributed by atoms with Crippen molar-refractivity contribution in [2.24, 2.45) is 5.92 Å². The monoisotopic (exact) mass is 560 g/mol. The van der Waals surface area contributed by atoms with Crippen molar-refractivity contribution in [3.63, 3.8) is 0 Å². The van der Waals surface area contributed by atoms with E-state index in [2.05, 4.69) is 27.8 Å². The Balaban J connectivity index is 1.46. The van der Waals surface area contributed by atoms with Crippen LogP contribution in [0.3, 0.4) is 0 Å². The minimum absolute atomic E-state index is 0.0162. The first kappa shape index (κ1) is 30.9. The minimum Gasteiger partial charge on any atom is -0.480 e. The first-order chi connectivity index (χ1) is 19.6. The Kier molecular flexibility index (Phi) is 11.0. The first-order valence-corrected chi connectivity index (χ1v) is 13.7. The van der Waals surface area contributed by atoms with E-state index in [1.54, 1.807) is 18.7 Å². The van der Waals surface area contributed by atoms with Gasteiger partial charge in [-0.15, -0.1) is 0 Å². The number of hydrogen-bond donors (Lipinski definition) is 4. The number of fused-ring (bicyclic) bond motifs is 2. The standard InChI is InChI=1S/C31H36N4O6/c1-20(2)29(30(39)33-21(3)31(40)41)34-27(37)14-8-13-26(36)32-18-17-28(38)35-19-24-11-5-4-9-22(24)15-16-23-10-6-7-12-25(23)35/h4-7,9-12,20-21,29H,8,13-14,17-19H2,1-3H3,(H,32,36)(H,33,39)(H,34,37)(H,40,41)/t21-,29-/m0/s1. The molecule has 0 aromatic heterocycles. The van der Waals surface area contributed by atoms with Gasteiger partial charge in [0, 0.05) is 36.9 Å². The van der Waals surface area contributed by atoms with E-state index in [0.717, 1.165) is 22.4 Å². The van der Waals surface area contributed by atoms with Gasteiger partial charge in [0.2, 0.25) is 23.6 Å². The second kappa shape index (κ2) is 14.7. The third-order valence-corrected chi connectivity index (χ3v) is 6.64. The second-order valence-corrected chi connectivity index (χ2v) is 10.2. The maximum absolute atomic E-state index is 13.2. The molecule has 1 aliphatic heterocycles. The lowest BCUT2D eigenvalue weighted by Gasteiger charge is -2.26. The molecule has 0 bridgehead atoms. The van der Waals surface area contributed by atoms with Gasteiger partial charge in [-0.05, 0) is 43.0 Å². The van der Waals surface area contributed by atoms with Crippen LogP contribution in [-0.4, -0.2) is 53.3 Å². The second-order valence-electron chi connectivity index (χ2n) is 10.2. The van der Waals surface area contributed by atoms with Crippen LogP contribution in [0.4, 0.5) is 5.69 Å². The lowest BCUT2D eigenvalue weighted by Crippen LogP contribution is -2.53. The molecule has 0 spiro atoms. The minimum atomic E-state index is -1.17. The summed E-state index contributed by atoms with van der Waals surface area (Å²) < 4.78 is 0. The number of nitrogens with zero attached hydrogens (tertiary/aromatic N) is 1. The molecule has 41 heavy (non-hydrogen) atoms. The number of hydrogen-bond acceptors (Lipinski definition) is 5. The van der Waals surface area contributed by atoms with Gasteiger partial charge in [0.25, 0.3) is 0 Å². The number of rotatable bonds is 12. The van der Waals surface area contributed by atoms with Crippen LogP contribution in [0.2, 0.25) is 0 Å². The number of carboxylic acids is 1. The molecule has 2 aromatic rings. The van der Waals surface area contributed by atoms with Crippen LogP contribution in [0.25, 0.3) is 0 Å². The van der Waals surface area contributed by atoms with Gasteiger partial charge < -0.3 is 26.0 Å². The third kappa shape index (κ3) is 8.93. The van der Waals surface area contributed by atoms with Crippen molar-refractivity contribution >= 4 is 35.3 Å². The van der Waals surface area contributed by atoms with Crippen molar-refractivity contribution < 1.29 is 29.1 Å². The smallest absolute Gasteiger partial charge is 0.325 e. The summed E-state index contributed by atoms with van der Waals surface area (Å²) in [7, 11) is 0. The zero-order valence-electron chi connectivity index (χ0n) is 23.5. The summed E-state index contributed by atoms with van der Waals surface area (Å²) >= 11 is 0. The number of benzene rings is 2. The molecule has 3 rings (SSSR count). The maximum Gasteiger partial charge on any atom is 0.325 e. The fourth-order valence-electron chi connectivity index (χ4n) is 4.29. The first-order valence-electron chi connectivity index (χ1n) is 13.7. The predicted molar refractivity (Wildman–Crippen MR) is 154 cm³/mol. The number of carbonyl (C=O) groups excluding carboxylic acids is 4. The van der Waals surface area contributed by atoms with E-state index in [1.165, 1.54) is 6.92 Å². The molecule has 10 nitrogen and oxygen atoms in total. The highest BCUT2D eigenvalue weighted by atomic mass is 16.4. The van der Waals surface area contributed by atoms with Crippen molar-refractivity contribution in [2.75, 3.05) is 11.4 Å². The van der Waals surface area contributed by atoms with Gasteiger partial charge in [-0.25, -0.2) is 0 Å². The molecule has 0 fully saturated rings. The average Bonchev–Trinajstić information content (AvgIpc) is 2.92. The number of carbonyl (C=O) groups is 5. The lowest BCUT2D eigenvalue weighted by molar-refractivity contribution is -0.142. The summed E-state index contributed by atoms with van der Waals surface area (Å²) in [5.74, 6) is 3.48. The Bertz CT molecular complexity index is 1360. The van der Waals surface area contributed by atoms with Gasteiger partial charge in [-0.2, -0.15) is 0 Å². The zero-order valence-corrected chi connectivity index (χ0v) is 23.5. The molecule has 4 amide bonds. The summed E-state index contributed by atoms with van der Waals surface area (Å²) in [5, 5.41) is 16.7. The zero-order chi connectivity index (χ0) is 29.9. The van der Waals surface area contributed by atoms with E-state index < -0.39 is 29.9 Å². The molecule has 216 valence electrons. The largest absolute Gasteiger partial charge is 0.480 e. The van der Waals surface area contributed by atoms with Gasteiger partial charge in [0.1, 0.15) is 12.1 Å². The molecular weight excluding hydrogens is 524 g/mol. The highest BCUT2D eigenvalue weighted by Crippen LogP contribution is 2.25. The number of para-hydroxylation sites is 1. The van der Waals surface area contributed by atoms with Crippen molar-refractivity contribution in [2.45, 2.75) is 65.1 Å². The summed E-state index contributed by atoms with van der Waals surface area (Å²) in [4.78, 5) is 63.1. The Hall–Kier alpha value is -4.65. The van der Waals surface area contributed by atoms with E-state index in [4.69, 9.17) is 5.11 Å². The van der Waals surface area contributed by atoms with Crippen LogP contribution in [0.5, 0.6) is 0 Å². The SMILES string of the molecule is CC(C)[C@H](NC(=O)CCCC(=O)NCCC(=O)N1Cc2ccccc2C#Cc2ccccc21)C(=O)N[C@@H](C)C(=O)O. The molecule has 0 aliphatic carbocycles. The van der Waals surface area contributed by atoms with Crippen LogP contribution >= 0.6 is 0 Å². The van der Waals surface area contributed by atoms with Crippen molar-refractivity contribution in [3.05, 3.63) is 65.2 Å². The molecule has 10 heteroatoms. The summed E-state index contributed by atoms with van der Waals surface area (Å²) in [6.45, 7) is 5.33. The predicted octanol–water partition coefficient (Wildman–Crippen LogP) is 2.34. The fourth-order valence-corrected chi connectivity index (χ4v) is 4.29. The molecule has 0 unspecified atom stereocenters. The van der Waals surface area contributed by atoms with Gasteiger partial charge in [0.15, 0.2) is 0 Å². The topological polar surface area (TPSA) is 145 Å². The molecule has 4 N–H and O–H groups in total. The van der Waals surface area contributed by atoms with Crippen molar-refractivity contribution in [1.29, 1.82) is 0 Å². The molecule has 2 atom stereocenters. The molecule has 1 aliphatic rings. The molecule has 1 heterocycles. The van der Waals surface area contributed by atoms with Crippen LogP contribution in [0.1, 0.15) is 63.1 Å². The van der Waals surface area contributed by atoms with E-state index in [1.807, 2.05) is 48.5 Å². The third-order valence-electron chi connectivity index (χ3n) is 6.64. The van der Waals surface area contributed by atoms with Gasteiger partial charge >= 0.3 is 5.97 Å². The Morgan fingerprint density at radius 1 is 0.854 bits per heavy atom. The number of nitrogens with one attached hydrogen (secondary N) is 3. The number of anilines is 1. The highest BCUT2D eigenvalue weighted by molar-refractivity contribution is 5.95. The normalized spacial score (nSPS) is 13.2. The van der Waals surface area contributed by atoms with Gasteiger partial charge in [-0.1, -0.05) is 56.0 Å². The molecule has 0 saturated heterocycles. The average molecular weight is 561 g/mol. The Labute approximate surface area is 239 Å². The molecule has 2 aromatic carbocycles. The highest BCUT2D eigenvalue weighted by Gasteiger charge is 2.27. The molecule has 0 saturated carbocycles. The van der Waals surface area contributed by atoms with Gasteiger partial charge in [-0.3, -0.25) is 24.0 Å². The van der Waals surface area contributed by atoms with E-state index in [9.17, 15) is 24.0 Å². The van der Waals surface area contributed by atoms with E-state index in [-0.39, 0.29) is 50.0 Å². The van der Waals surface area contributed by atoms with Gasteiger partial charge in [0.05, 0.1) is 12.2 Å². The van der Waals surface area contributed by atoms with E-state index in [0.29, 0.717) is 6.54 Å². The summed E-state index contributed by atoms with van der Waals surface area (Å²) in [6, 6.07) is 13.2. The van der Waals surface area contributed by atoms with Crippen molar-refractivity contribution in [3.8, 4) is 11.8 Å². The van der Waals surface area contributed by atoms with Crippen LogP contribution in [-0.2, 0) is 30.5 Å². The van der Waals surface area contributed by atoms with Crippen LogP contribution < -0.4 is 20.9 Å². The lowest BCUT2D eigenvalue weighted by atomic mass is 10.0. The quantitative estimate of drug-likeness (QED) is 0.293. The molecular formula is C31H36N4O6. The fraction of sp³-hybridized carbons (Fsp3) is 0.387. The number of carboxylic acid groups (broad SMARTS) is 1. The van der Waals surface area contributed by atoms with Crippen LogP contribution in [0, 0.1) is 17.8 Å². The van der Waals surface area contributed by atoms with E-state index >= 15 is 0 Å². The maximum atomic E-state index is 13.2. The van der Waals surface area contributed by atoms with Crippen molar-refractivity contribution in [1.82, 2.24) is 16.0 Å².